The lowest BCUT2D eigenvalue weighted by molar-refractivity contribution is -0.166. The van der Waals surface area contributed by atoms with Gasteiger partial charge in [-0.3, -0.25) is 0 Å². The second kappa shape index (κ2) is 3.89. The number of aliphatic carboxylic acids is 1. The van der Waals surface area contributed by atoms with Gasteiger partial charge in [0.2, 0.25) is 0 Å². The SMILES string of the molecule is CC1CCC(C(C)(O)C(=O)O)C(C)C1. The Morgan fingerprint density at radius 3 is 2.36 bits per heavy atom. The zero-order valence-electron chi connectivity index (χ0n) is 9.16. The summed E-state index contributed by atoms with van der Waals surface area (Å²) in [5.41, 5.74) is -1.56. The normalized spacial score (nSPS) is 37.6. The standard InChI is InChI=1S/C11H20O3/c1-7-4-5-9(8(2)6-7)11(3,14)10(12)13/h7-9,14H,4-6H2,1-3H3,(H,12,13). The summed E-state index contributed by atoms with van der Waals surface area (Å²) in [7, 11) is 0. The lowest BCUT2D eigenvalue weighted by atomic mass is 9.68. The predicted octanol–water partition coefficient (Wildman–Crippen LogP) is 1.89. The largest absolute Gasteiger partial charge is 0.479 e. The maximum atomic E-state index is 10.9. The van der Waals surface area contributed by atoms with Crippen molar-refractivity contribution in [3.8, 4) is 0 Å². The van der Waals surface area contributed by atoms with Gasteiger partial charge in [-0.25, -0.2) is 4.79 Å². The molecule has 1 saturated carbocycles. The van der Waals surface area contributed by atoms with Gasteiger partial charge in [0.1, 0.15) is 0 Å². The number of aliphatic hydroxyl groups is 1. The van der Waals surface area contributed by atoms with Crippen molar-refractivity contribution < 1.29 is 15.0 Å². The molecule has 3 heteroatoms. The van der Waals surface area contributed by atoms with E-state index in [0.29, 0.717) is 11.8 Å². The van der Waals surface area contributed by atoms with Gasteiger partial charge in [-0.2, -0.15) is 0 Å². The van der Waals surface area contributed by atoms with Gasteiger partial charge in [0, 0.05) is 5.92 Å². The van der Waals surface area contributed by atoms with Crippen molar-refractivity contribution in [1.82, 2.24) is 0 Å². The van der Waals surface area contributed by atoms with Crippen molar-refractivity contribution in [3.05, 3.63) is 0 Å². The quantitative estimate of drug-likeness (QED) is 0.715. The molecule has 0 amide bonds. The Balaban J connectivity index is 2.73. The molecule has 14 heavy (non-hydrogen) atoms. The summed E-state index contributed by atoms with van der Waals surface area (Å²) in [6.07, 6.45) is 2.87. The number of hydrogen-bond acceptors (Lipinski definition) is 2. The van der Waals surface area contributed by atoms with Gasteiger partial charge in [-0.05, 0) is 31.6 Å². The Labute approximate surface area is 85.1 Å². The highest BCUT2D eigenvalue weighted by Crippen LogP contribution is 2.39. The minimum absolute atomic E-state index is 0.101. The highest BCUT2D eigenvalue weighted by molar-refractivity contribution is 5.77. The number of hydrogen-bond donors (Lipinski definition) is 2. The lowest BCUT2D eigenvalue weighted by Gasteiger charge is -2.39. The molecule has 0 spiro atoms. The number of carbonyl (C=O) groups is 1. The van der Waals surface area contributed by atoms with Gasteiger partial charge in [-0.15, -0.1) is 0 Å². The van der Waals surface area contributed by atoms with Gasteiger partial charge in [0.25, 0.3) is 0 Å². The Hall–Kier alpha value is -0.570. The van der Waals surface area contributed by atoms with Crippen molar-refractivity contribution in [2.24, 2.45) is 17.8 Å². The van der Waals surface area contributed by atoms with E-state index in [1.165, 1.54) is 6.92 Å². The summed E-state index contributed by atoms with van der Waals surface area (Å²) in [5.74, 6) is -0.240. The van der Waals surface area contributed by atoms with Gasteiger partial charge in [0.15, 0.2) is 5.60 Å². The van der Waals surface area contributed by atoms with Crippen LogP contribution in [0.15, 0.2) is 0 Å². The van der Waals surface area contributed by atoms with Crippen LogP contribution in [0, 0.1) is 17.8 Å². The smallest absolute Gasteiger partial charge is 0.335 e. The number of carboxylic acid groups (broad SMARTS) is 1. The third-order valence-electron chi connectivity index (χ3n) is 3.59. The first kappa shape index (κ1) is 11.5. The van der Waals surface area contributed by atoms with E-state index < -0.39 is 11.6 Å². The van der Waals surface area contributed by atoms with Gasteiger partial charge in [0.05, 0.1) is 0 Å². The average molecular weight is 200 g/mol. The molecule has 0 bridgehead atoms. The molecule has 4 unspecified atom stereocenters. The molecule has 1 aliphatic rings. The minimum atomic E-state index is -1.56. The molecule has 0 aromatic carbocycles. The van der Waals surface area contributed by atoms with E-state index in [1.807, 2.05) is 6.92 Å². The maximum absolute atomic E-state index is 10.9. The molecule has 0 aromatic heterocycles. The van der Waals surface area contributed by atoms with Crippen molar-refractivity contribution >= 4 is 5.97 Å². The molecule has 0 heterocycles. The Bertz CT molecular complexity index is 223. The molecule has 1 fully saturated rings. The van der Waals surface area contributed by atoms with Crippen molar-refractivity contribution in [2.45, 2.75) is 45.6 Å². The fourth-order valence-electron chi connectivity index (χ4n) is 2.66. The third kappa shape index (κ3) is 2.08. The van der Waals surface area contributed by atoms with Crippen LogP contribution in [-0.2, 0) is 4.79 Å². The van der Waals surface area contributed by atoms with Crippen LogP contribution >= 0.6 is 0 Å². The molecule has 1 rings (SSSR count). The zero-order chi connectivity index (χ0) is 10.9. The molecule has 4 atom stereocenters. The topological polar surface area (TPSA) is 57.5 Å². The lowest BCUT2D eigenvalue weighted by Crippen LogP contribution is -2.47. The highest BCUT2D eigenvalue weighted by atomic mass is 16.4. The summed E-state index contributed by atoms with van der Waals surface area (Å²) < 4.78 is 0. The molecule has 0 aliphatic heterocycles. The predicted molar refractivity (Wildman–Crippen MR) is 53.9 cm³/mol. The van der Waals surface area contributed by atoms with Crippen molar-refractivity contribution in [3.63, 3.8) is 0 Å². The molecule has 0 aromatic rings. The van der Waals surface area contributed by atoms with Crippen LogP contribution in [-0.4, -0.2) is 21.8 Å². The summed E-state index contributed by atoms with van der Waals surface area (Å²) in [6.45, 7) is 5.65. The molecular weight excluding hydrogens is 180 g/mol. The second-order valence-corrected chi connectivity index (χ2v) is 4.95. The fourth-order valence-corrected chi connectivity index (χ4v) is 2.66. The van der Waals surface area contributed by atoms with Crippen molar-refractivity contribution in [1.29, 1.82) is 0 Å². The van der Waals surface area contributed by atoms with E-state index in [2.05, 4.69) is 6.92 Å². The van der Waals surface area contributed by atoms with Crippen molar-refractivity contribution in [2.75, 3.05) is 0 Å². The summed E-state index contributed by atoms with van der Waals surface area (Å²) >= 11 is 0. The van der Waals surface area contributed by atoms with E-state index in [-0.39, 0.29) is 5.92 Å². The first-order valence-corrected chi connectivity index (χ1v) is 5.31. The summed E-state index contributed by atoms with van der Waals surface area (Å²) in [4.78, 5) is 10.9. The monoisotopic (exact) mass is 200 g/mol. The van der Waals surface area contributed by atoms with E-state index in [0.717, 1.165) is 19.3 Å². The molecule has 0 radical (unpaired) electrons. The number of rotatable bonds is 2. The van der Waals surface area contributed by atoms with E-state index in [4.69, 9.17) is 5.11 Å². The van der Waals surface area contributed by atoms with E-state index in [1.54, 1.807) is 0 Å². The molecule has 1 aliphatic carbocycles. The average Bonchev–Trinajstić information content (AvgIpc) is 2.02. The van der Waals surface area contributed by atoms with Gasteiger partial charge >= 0.3 is 5.97 Å². The van der Waals surface area contributed by atoms with Crippen LogP contribution in [0.1, 0.15) is 40.0 Å². The molecule has 3 nitrogen and oxygen atoms in total. The van der Waals surface area contributed by atoms with Gasteiger partial charge < -0.3 is 10.2 Å². The molecule has 2 N–H and O–H groups in total. The summed E-state index contributed by atoms with van der Waals surface area (Å²) in [5, 5.41) is 18.8. The second-order valence-electron chi connectivity index (χ2n) is 4.95. The highest BCUT2D eigenvalue weighted by Gasteiger charge is 2.43. The van der Waals surface area contributed by atoms with Crippen LogP contribution in [0.3, 0.4) is 0 Å². The Morgan fingerprint density at radius 1 is 1.36 bits per heavy atom. The van der Waals surface area contributed by atoms with Crippen LogP contribution in [0.5, 0.6) is 0 Å². The van der Waals surface area contributed by atoms with Crippen LogP contribution in [0.25, 0.3) is 0 Å². The molecule has 0 saturated heterocycles. The first-order chi connectivity index (χ1) is 6.35. The van der Waals surface area contributed by atoms with Crippen LogP contribution < -0.4 is 0 Å². The Morgan fingerprint density at radius 2 is 1.93 bits per heavy atom. The summed E-state index contributed by atoms with van der Waals surface area (Å²) in [6, 6.07) is 0. The molecular formula is C11H20O3. The molecule has 82 valence electrons. The van der Waals surface area contributed by atoms with Crippen LogP contribution in [0.2, 0.25) is 0 Å². The first-order valence-electron chi connectivity index (χ1n) is 5.31. The van der Waals surface area contributed by atoms with Crippen LogP contribution in [0.4, 0.5) is 0 Å². The van der Waals surface area contributed by atoms with E-state index in [9.17, 15) is 9.90 Å². The van der Waals surface area contributed by atoms with Gasteiger partial charge in [-0.1, -0.05) is 20.3 Å². The number of carboxylic acids is 1. The fraction of sp³-hybridized carbons (Fsp3) is 0.909. The maximum Gasteiger partial charge on any atom is 0.335 e. The Kier molecular flexibility index (Phi) is 3.20. The minimum Gasteiger partial charge on any atom is -0.479 e. The zero-order valence-corrected chi connectivity index (χ0v) is 9.16. The van der Waals surface area contributed by atoms with E-state index >= 15 is 0 Å². The third-order valence-corrected chi connectivity index (χ3v) is 3.59.